The average Bonchev–Trinajstić information content (AvgIpc) is 3.09. The molecule has 1 amide bonds. The summed E-state index contributed by atoms with van der Waals surface area (Å²) < 4.78 is 28.2. The van der Waals surface area contributed by atoms with E-state index in [2.05, 4.69) is 10.4 Å². The minimum Gasteiger partial charge on any atom is -0.306 e. The number of sulfonamides is 1. The number of aromatic nitrogens is 2. The van der Waals surface area contributed by atoms with E-state index in [1.165, 1.54) is 28.6 Å². The lowest BCUT2D eigenvalue weighted by molar-refractivity contribution is 0.102. The summed E-state index contributed by atoms with van der Waals surface area (Å²) >= 11 is 0. The van der Waals surface area contributed by atoms with Crippen LogP contribution in [0.25, 0.3) is 5.69 Å². The van der Waals surface area contributed by atoms with Crippen molar-refractivity contribution in [1.82, 2.24) is 14.1 Å². The number of benzene rings is 2. The van der Waals surface area contributed by atoms with Gasteiger partial charge in [0, 0.05) is 24.7 Å². The van der Waals surface area contributed by atoms with E-state index in [0.717, 1.165) is 11.4 Å². The Morgan fingerprint density at radius 2 is 1.66 bits per heavy atom. The van der Waals surface area contributed by atoms with E-state index in [4.69, 9.17) is 0 Å². The van der Waals surface area contributed by atoms with Crippen molar-refractivity contribution in [2.45, 2.75) is 25.7 Å². The van der Waals surface area contributed by atoms with E-state index in [9.17, 15) is 13.2 Å². The highest BCUT2D eigenvalue weighted by molar-refractivity contribution is 7.89. The lowest BCUT2D eigenvalue weighted by Gasteiger charge is -2.18. The number of nitrogens with one attached hydrogen (secondary N) is 1. The number of hydrogen-bond donors (Lipinski definition) is 1. The van der Waals surface area contributed by atoms with Crippen LogP contribution in [0.15, 0.2) is 65.6 Å². The van der Waals surface area contributed by atoms with Crippen molar-refractivity contribution in [3.8, 4) is 5.69 Å². The summed E-state index contributed by atoms with van der Waals surface area (Å²) in [6.07, 6.45) is 0. The van der Waals surface area contributed by atoms with Crippen LogP contribution in [0.1, 0.15) is 29.9 Å². The number of para-hydroxylation sites is 1. The van der Waals surface area contributed by atoms with Gasteiger partial charge in [0.2, 0.25) is 10.0 Å². The second-order valence-corrected chi connectivity index (χ2v) is 8.42. The summed E-state index contributed by atoms with van der Waals surface area (Å²) in [5.74, 6) is 0.201. The van der Waals surface area contributed by atoms with Crippen LogP contribution in [0, 0.1) is 6.92 Å². The number of carbonyl (C=O) groups excluding carboxylic acids is 1. The molecule has 0 saturated heterocycles. The summed E-state index contributed by atoms with van der Waals surface area (Å²) in [4.78, 5) is 12.9. The molecule has 8 heteroatoms. The minimum atomic E-state index is -3.55. The van der Waals surface area contributed by atoms with Crippen LogP contribution in [-0.2, 0) is 10.0 Å². The molecule has 0 fully saturated rings. The summed E-state index contributed by atoms with van der Waals surface area (Å²) in [5.41, 5.74) is 1.96. The van der Waals surface area contributed by atoms with Gasteiger partial charge in [-0.25, -0.2) is 13.1 Å². The smallest absolute Gasteiger partial charge is 0.256 e. The maximum atomic E-state index is 12.7. The Hall–Kier alpha value is -2.97. The number of rotatable bonds is 7. The average molecular weight is 413 g/mol. The molecule has 152 valence electrons. The number of amides is 1. The molecule has 0 atom stereocenters. The highest BCUT2D eigenvalue weighted by Gasteiger charge is 2.22. The predicted molar refractivity (Wildman–Crippen MR) is 113 cm³/mol. The van der Waals surface area contributed by atoms with Gasteiger partial charge in [-0.2, -0.15) is 9.40 Å². The zero-order chi connectivity index (χ0) is 21.0. The summed E-state index contributed by atoms with van der Waals surface area (Å²) in [6, 6.07) is 17.2. The molecule has 0 spiro atoms. The fourth-order valence-corrected chi connectivity index (χ4v) is 4.49. The van der Waals surface area contributed by atoms with Crippen LogP contribution < -0.4 is 5.32 Å². The molecule has 0 bridgehead atoms. The lowest BCUT2D eigenvalue weighted by Crippen LogP contribution is -2.30. The SMILES string of the molecule is CCN(CC)S(=O)(=O)c1ccc(C(=O)Nc2cc(C)nn2-c2ccccc2)cc1. The number of aryl methyl sites for hydroxylation is 1. The quantitative estimate of drug-likeness (QED) is 0.644. The zero-order valence-corrected chi connectivity index (χ0v) is 17.5. The molecule has 2 aromatic carbocycles. The molecule has 0 aliphatic carbocycles. The third-order valence-corrected chi connectivity index (χ3v) is 6.60. The van der Waals surface area contributed by atoms with Gasteiger partial charge in [-0.05, 0) is 43.3 Å². The number of hydrogen-bond acceptors (Lipinski definition) is 4. The number of nitrogens with zero attached hydrogens (tertiary/aromatic N) is 3. The molecule has 0 aliphatic heterocycles. The standard InChI is InChI=1S/C21H24N4O3S/c1-4-24(5-2)29(27,28)19-13-11-17(12-14-19)21(26)22-20-15-16(3)23-25(20)18-9-7-6-8-10-18/h6-15H,4-5H2,1-3H3,(H,22,26). The number of carbonyl (C=O) groups is 1. The predicted octanol–water partition coefficient (Wildman–Crippen LogP) is 3.46. The van der Waals surface area contributed by atoms with E-state index >= 15 is 0 Å². The molecule has 3 rings (SSSR count). The summed E-state index contributed by atoms with van der Waals surface area (Å²) in [7, 11) is -3.55. The maximum Gasteiger partial charge on any atom is 0.256 e. The second kappa shape index (κ2) is 8.59. The maximum absolute atomic E-state index is 12.7. The second-order valence-electron chi connectivity index (χ2n) is 6.49. The summed E-state index contributed by atoms with van der Waals surface area (Å²) in [5, 5.41) is 7.28. The highest BCUT2D eigenvalue weighted by atomic mass is 32.2. The van der Waals surface area contributed by atoms with Crippen molar-refractivity contribution in [2.24, 2.45) is 0 Å². The van der Waals surface area contributed by atoms with Gasteiger partial charge in [0.05, 0.1) is 16.3 Å². The Morgan fingerprint density at radius 1 is 1.03 bits per heavy atom. The molecule has 0 saturated carbocycles. The van der Waals surface area contributed by atoms with Crippen molar-refractivity contribution >= 4 is 21.7 Å². The largest absolute Gasteiger partial charge is 0.306 e. The molecule has 1 aromatic heterocycles. The highest BCUT2D eigenvalue weighted by Crippen LogP contribution is 2.19. The molecule has 1 heterocycles. The van der Waals surface area contributed by atoms with E-state index in [1.54, 1.807) is 24.6 Å². The lowest BCUT2D eigenvalue weighted by atomic mass is 10.2. The summed E-state index contributed by atoms with van der Waals surface area (Å²) in [6.45, 7) is 6.22. The third-order valence-electron chi connectivity index (χ3n) is 4.53. The fraction of sp³-hybridized carbons (Fsp3) is 0.238. The first-order valence-electron chi connectivity index (χ1n) is 9.40. The van der Waals surface area contributed by atoms with Crippen molar-refractivity contribution in [3.63, 3.8) is 0 Å². The van der Waals surface area contributed by atoms with Crippen molar-refractivity contribution < 1.29 is 13.2 Å². The van der Waals surface area contributed by atoms with Gasteiger partial charge in [-0.3, -0.25) is 4.79 Å². The van der Waals surface area contributed by atoms with E-state index in [1.807, 2.05) is 37.3 Å². The van der Waals surface area contributed by atoms with Crippen LogP contribution in [-0.4, -0.2) is 41.5 Å². The van der Waals surface area contributed by atoms with Gasteiger partial charge in [0.15, 0.2) is 0 Å². The van der Waals surface area contributed by atoms with Crippen molar-refractivity contribution in [1.29, 1.82) is 0 Å². The van der Waals surface area contributed by atoms with Crippen LogP contribution in [0.5, 0.6) is 0 Å². The van der Waals surface area contributed by atoms with Crippen LogP contribution in [0.2, 0.25) is 0 Å². The Labute approximate surface area is 171 Å². The molecular weight excluding hydrogens is 388 g/mol. The Bertz CT molecular complexity index is 1090. The van der Waals surface area contributed by atoms with Crippen LogP contribution in [0.4, 0.5) is 5.82 Å². The molecule has 3 aromatic rings. The monoisotopic (exact) mass is 412 g/mol. The van der Waals surface area contributed by atoms with Gasteiger partial charge >= 0.3 is 0 Å². The topological polar surface area (TPSA) is 84.3 Å². The zero-order valence-electron chi connectivity index (χ0n) is 16.7. The first kappa shape index (κ1) is 20.8. The van der Waals surface area contributed by atoms with E-state index < -0.39 is 10.0 Å². The first-order valence-corrected chi connectivity index (χ1v) is 10.8. The van der Waals surface area contributed by atoms with Gasteiger partial charge in [-0.1, -0.05) is 32.0 Å². The molecule has 7 nitrogen and oxygen atoms in total. The molecule has 29 heavy (non-hydrogen) atoms. The van der Waals surface area contributed by atoms with Gasteiger partial charge in [-0.15, -0.1) is 0 Å². The van der Waals surface area contributed by atoms with Gasteiger partial charge in [0.1, 0.15) is 5.82 Å². The fourth-order valence-electron chi connectivity index (χ4n) is 3.03. The third kappa shape index (κ3) is 4.38. The van der Waals surface area contributed by atoms with Gasteiger partial charge in [0.25, 0.3) is 5.91 Å². The van der Waals surface area contributed by atoms with Crippen LogP contribution >= 0.6 is 0 Å². The van der Waals surface area contributed by atoms with E-state index in [-0.39, 0.29) is 10.8 Å². The molecular formula is C21H24N4O3S. The Balaban J connectivity index is 1.83. The molecule has 0 unspecified atom stereocenters. The van der Waals surface area contributed by atoms with Gasteiger partial charge < -0.3 is 5.32 Å². The van der Waals surface area contributed by atoms with E-state index in [0.29, 0.717) is 24.5 Å². The number of anilines is 1. The van der Waals surface area contributed by atoms with Crippen molar-refractivity contribution in [3.05, 3.63) is 71.9 Å². The first-order chi connectivity index (χ1) is 13.9. The normalized spacial score (nSPS) is 11.6. The molecule has 1 N–H and O–H groups in total. The molecule has 0 radical (unpaired) electrons. The van der Waals surface area contributed by atoms with Crippen molar-refractivity contribution in [2.75, 3.05) is 18.4 Å². The molecule has 0 aliphatic rings. The van der Waals surface area contributed by atoms with Crippen LogP contribution in [0.3, 0.4) is 0 Å². The Kier molecular flexibility index (Phi) is 6.14. The minimum absolute atomic E-state index is 0.169. The Morgan fingerprint density at radius 3 is 2.24 bits per heavy atom.